The van der Waals surface area contributed by atoms with Crippen LogP contribution < -0.4 is 5.73 Å². The maximum absolute atomic E-state index is 5.49. The number of nitrogens with zero attached hydrogens (tertiary/aromatic N) is 2. The molecule has 1 aromatic rings. The Bertz CT molecular complexity index is 343. The molecule has 0 bridgehead atoms. The minimum Gasteiger partial charge on any atom is -0.339 e. The van der Waals surface area contributed by atoms with Crippen molar-refractivity contribution in [3.8, 4) is 0 Å². The molecule has 0 saturated heterocycles. The fourth-order valence-electron chi connectivity index (χ4n) is 2.85. The highest BCUT2D eigenvalue weighted by Crippen LogP contribution is 2.36. The second-order valence-corrected chi connectivity index (χ2v) is 5.45. The van der Waals surface area contributed by atoms with Crippen molar-refractivity contribution in [2.24, 2.45) is 11.7 Å². The van der Waals surface area contributed by atoms with Gasteiger partial charge in [0.1, 0.15) is 0 Å². The highest BCUT2D eigenvalue weighted by molar-refractivity contribution is 4.96. The summed E-state index contributed by atoms with van der Waals surface area (Å²) in [5.74, 6) is 3.02. The van der Waals surface area contributed by atoms with E-state index in [0.717, 1.165) is 24.1 Å². The van der Waals surface area contributed by atoms with E-state index in [1.807, 2.05) is 0 Å². The van der Waals surface area contributed by atoms with Crippen molar-refractivity contribution in [1.29, 1.82) is 0 Å². The van der Waals surface area contributed by atoms with Gasteiger partial charge in [-0.05, 0) is 38.1 Å². The number of hydrogen-bond donors (Lipinski definition) is 1. The molecule has 0 radical (unpaired) electrons. The molecule has 102 valence electrons. The Hall–Kier alpha value is -0.900. The highest BCUT2D eigenvalue weighted by atomic mass is 16.5. The molecule has 1 heterocycles. The molecule has 1 aromatic heterocycles. The van der Waals surface area contributed by atoms with Gasteiger partial charge < -0.3 is 10.3 Å². The van der Waals surface area contributed by atoms with E-state index in [1.165, 1.54) is 44.9 Å². The van der Waals surface area contributed by atoms with Crippen molar-refractivity contribution in [1.82, 2.24) is 10.1 Å². The smallest absolute Gasteiger partial charge is 0.229 e. The summed E-state index contributed by atoms with van der Waals surface area (Å²) < 4.78 is 5.36. The van der Waals surface area contributed by atoms with E-state index in [9.17, 15) is 0 Å². The quantitative estimate of drug-likeness (QED) is 0.844. The zero-order chi connectivity index (χ0) is 12.8. The van der Waals surface area contributed by atoms with Crippen LogP contribution in [0.15, 0.2) is 4.52 Å². The van der Waals surface area contributed by atoms with E-state index in [4.69, 9.17) is 10.3 Å². The molecule has 1 aliphatic carbocycles. The Morgan fingerprint density at radius 1 is 1.28 bits per heavy atom. The Kier molecular flexibility index (Phi) is 5.17. The van der Waals surface area contributed by atoms with Gasteiger partial charge in [0.15, 0.2) is 5.82 Å². The van der Waals surface area contributed by atoms with E-state index in [2.05, 4.69) is 17.1 Å². The molecule has 18 heavy (non-hydrogen) atoms. The van der Waals surface area contributed by atoms with Crippen LogP contribution in [0, 0.1) is 5.92 Å². The zero-order valence-electron chi connectivity index (χ0n) is 11.4. The van der Waals surface area contributed by atoms with Gasteiger partial charge in [-0.2, -0.15) is 4.98 Å². The number of nitrogens with two attached hydrogens (primary N) is 1. The molecule has 0 aromatic carbocycles. The fourth-order valence-corrected chi connectivity index (χ4v) is 2.85. The lowest BCUT2D eigenvalue weighted by atomic mass is 9.80. The minimum atomic E-state index is 0.488. The summed E-state index contributed by atoms with van der Waals surface area (Å²) in [6.45, 7) is 2.85. The zero-order valence-corrected chi connectivity index (χ0v) is 11.4. The lowest BCUT2D eigenvalue weighted by Gasteiger charge is -2.26. The number of hydrogen-bond acceptors (Lipinski definition) is 4. The third-order valence-electron chi connectivity index (χ3n) is 4.01. The van der Waals surface area contributed by atoms with Crippen LogP contribution in [0.1, 0.15) is 69.5 Å². The van der Waals surface area contributed by atoms with Crippen LogP contribution in [0.5, 0.6) is 0 Å². The van der Waals surface area contributed by atoms with Crippen LogP contribution in [0.3, 0.4) is 0 Å². The Labute approximate surface area is 109 Å². The SMILES string of the molecule is CCCCC1CCC(c2nc(CCN)no2)CC1. The van der Waals surface area contributed by atoms with Crippen molar-refractivity contribution >= 4 is 0 Å². The molecule has 1 saturated carbocycles. The summed E-state index contributed by atoms with van der Waals surface area (Å²) >= 11 is 0. The van der Waals surface area contributed by atoms with Crippen molar-refractivity contribution < 1.29 is 4.52 Å². The van der Waals surface area contributed by atoms with E-state index >= 15 is 0 Å². The van der Waals surface area contributed by atoms with Gasteiger partial charge in [0, 0.05) is 12.3 Å². The molecule has 2 N–H and O–H groups in total. The monoisotopic (exact) mass is 251 g/mol. The van der Waals surface area contributed by atoms with Crippen LogP contribution in [-0.4, -0.2) is 16.7 Å². The van der Waals surface area contributed by atoms with E-state index < -0.39 is 0 Å². The van der Waals surface area contributed by atoms with Crippen molar-refractivity contribution in [2.45, 2.75) is 64.2 Å². The Morgan fingerprint density at radius 2 is 2.06 bits per heavy atom. The van der Waals surface area contributed by atoms with Gasteiger partial charge in [-0.3, -0.25) is 0 Å². The maximum Gasteiger partial charge on any atom is 0.229 e. The van der Waals surface area contributed by atoms with E-state index in [-0.39, 0.29) is 0 Å². The van der Waals surface area contributed by atoms with Gasteiger partial charge in [-0.1, -0.05) is 31.3 Å². The van der Waals surface area contributed by atoms with Gasteiger partial charge in [-0.15, -0.1) is 0 Å². The lowest BCUT2D eigenvalue weighted by Crippen LogP contribution is -2.13. The molecule has 0 unspecified atom stereocenters. The predicted octanol–water partition coefficient (Wildman–Crippen LogP) is 3.03. The first-order valence-corrected chi connectivity index (χ1v) is 7.36. The largest absolute Gasteiger partial charge is 0.339 e. The summed E-state index contributed by atoms with van der Waals surface area (Å²) in [4.78, 5) is 4.45. The third-order valence-corrected chi connectivity index (χ3v) is 4.01. The van der Waals surface area contributed by atoms with E-state index in [0.29, 0.717) is 12.5 Å². The maximum atomic E-state index is 5.49. The third kappa shape index (κ3) is 3.55. The molecule has 0 amide bonds. The molecule has 0 aliphatic heterocycles. The van der Waals surface area contributed by atoms with Crippen LogP contribution in [0.25, 0.3) is 0 Å². The molecule has 2 rings (SSSR count). The highest BCUT2D eigenvalue weighted by Gasteiger charge is 2.25. The summed E-state index contributed by atoms with van der Waals surface area (Å²) in [6.07, 6.45) is 9.85. The first-order valence-electron chi connectivity index (χ1n) is 7.36. The van der Waals surface area contributed by atoms with Gasteiger partial charge in [0.2, 0.25) is 5.89 Å². The first kappa shape index (κ1) is 13.5. The topological polar surface area (TPSA) is 64.9 Å². The summed E-state index contributed by atoms with van der Waals surface area (Å²) in [5.41, 5.74) is 5.49. The summed E-state index contributed by atoms with van der Waals surface area (Å²) in [6, 6.07) is 0. The molecule has 1 fully saturated rings. The van der Waals surface area contributed by atoms with Crippen LogP contribution in [-0.2, 0) is 6.42 Å². The number of rotatable bonds is 6. The molecule has 0 atom stereocenters. The molecular weight excluding hydrogens is 226 g/mol. The first-order chi connectivity index (χ1) is 8.83. The Morgan fingerprint density at radius 3 is 2.72 bits per heavy atom. The van der Waals surface area contributed by atoms with Crippen LogP contribution in [0.2, 0.25) is 0 Å². The molecule has 4 heteroatoms. The Balaban J connectivity index is 1.81. The standard InChI is InChI=1S/C14H25N3O/c1-2-3-4-11-5-7-12(8-6-11)14-16-13(9-10-15)17-18-14/h11-12H,2-10,15H2,1H3. The van der Waals surface area contributed by atoms with Gasteiger partial charge >= 0.3 is 0 Å². The molecule has 1 aliphatic rings. The molecule has 0 spiro atoms. The van der Waals surface area contributed by atoms with Crippen molar-refractivity contribution in [2.75, 3.05) is 6.54 Å². The summed E-state index contributed by atoms with van der Waals surface area (Å²) in [5, 5.41) is 3.98. The average molecular weight is 251 g/mol. The van der Waals surface area contributed by atoms with Crippen molar-refractivity contribution in [3.05, 3.63) is 11.7 Å². The summed E-state index contributed by atoms with van der Waals surface area (Å²) in [7, 11) is 0. The number of aromatic nitrogens is 2. The van der Waals surface area contributed by atoms with Gasteiger partial charge in [0.05, 0.1) is 0 Å². The second-order valence-electron chi connectivity index (χ2n) is 5.45. The van der Waals surface area contributed by atoms with Crippen molar-refractivity contribution in [3.63, 3.8) is 0 Å². The fraction of sp³-hybridized carbons (Fsp3) is 0.857. The molecular formula is C14H25N3O. The molecule has 4 nitrogen and oxygen atoms in total. The predicted molar refractivity (Wildman–Crippen MR) is 71.3 cm³/mol. The number of unbranched alkanes of at least 4 members (excludes halogenated alkanes) is 1. The van der Waals surface area contributed by atoms with Crippen LogP contribution >= 0.6 is 0 Å². The van der Waals surface area contributed by atoms with Gasteiger partial charge in [-0.25, -0.2) is 0 Å². The van der Waals surface area contributed by atoms with Gasteiger partial charge in [0.25, 0.3) is 0 Å². The lowest BCUT2D eigenvalue weighted by molar-refractivity contribution is 0.260. The second kappa shape index (κ2) is 6.88. The minimum absolute atomic E-state index is 0.488. The van der Waals surface area contributed by atoms with E-state index in [1.54, 1.807) is 0 Å². The average Bonchev–Trinajstić information content (AvgIpc) is 2.86. The van der Waals surface area contributed by atoms with Crippen LogP contribution in [0.4, 0.5) is 0 Å². The normalized spacial score (nSPS) is 24.3.